The van der Waals surface area contributed by atoms with Crippen LogP contribution in [0.25, 0.3) is 0 Å². The van der Waals surface area contributed by atoms with Gasteiger partial charge in [-0.3, -0.25) is 4.98 Å². The van der Waals surface area contributed by atoms with E-state index in [0.717, 1.165) is 11.5 Å². The first-order valence-electron chi connectivity index (χ1n) is 6.53. The van der Waals surface area contributed by atoms with Crippen LogP contribution in [0, 0.1) is 11.5 Å². The second-order valence-electron chi connectivity index (χ2n) is 5.99. The molecule has 90 valence electrons. The summed E-state index contributed by atoms with van der Waals surface area (Å²) < 4.78 is 0. The molecule has 2 heteroatoms. The zero-order chi connectivity index (χ0) is 12.3. The van der Waals surface area contributed by atoms with Crippen LogP contribution in [-0.2, 0) is 0 Å². The van der Waals surface area contributed by atoms with E-state index in [4.69, 9.17) is 0 Å². The third-order valence-corrected chi connectivity index (χ3v) is 4.04. The lowest BCUT2D eigenvalue weighted by Gasteiger charge is -2.09. The maximum Gasteiger partial charge on any atom is 0.129 e. The van der Waals surface area contributed by atoms with Gasteiger partial charge in [-0.1, -0.05) is 38.4 Å². The highest BCUT2D eigenvalue weighted by molar-refractivity contribution is 6.83. The molecule has 1 fully saturated rings. The molecule has 0 amide bonds. The van der Waals surface area contributed by atoms with E-state index in [1.807, 2.05) is 12.4 Å². The van der Waals surface area contributed by atoms with Crippen molar-refractivity contribution in [3.05, 3.63) is 29.6 Å². The molecule has 1 aromatic rings. The number of hydrogen-bond acceptors (Lipinski definition) is 1. The molecule has 0 atom stereocenters. The zero-order valence-electron chi connectivity index (χ0n) is 11.1. The van der Waals surface area contributed by atoms with Crippen LogP contribution in [0.15, 0.2) is 18.5 Å². The van der Waals surface area contributed by atoms with Crippen LogP contribution < -0.4 is 0 Å². The first-order chi connectivity index (χ1) is 8.04. The first-order valence-corrected chi connectivity index (χ1v) is 10.0. The number of aromatic nitrogens is 1. The summed E-state index contributed by atoms with van der Waals surface area (Å²) in [6.45, 7) is 6.82. The Hall–Kier alpha value is -1.07. The molecule has 1 aliphatic carbocycles. The maximum absolute atomic E-state index is 4.34. The Balaban J connectivity index is 2.18. The van der Waals surface area contributed by atoms with Gasteiger partial charge in [0.25, 0.3) is 0 Å². The minimum atomic E-state index is -1.28. The van der Waals surface area contributed by atoms with Crippen LogP contribution in [-0.4, -0.2) is 13.1 Å². The van der Waals surface area contributed by atoms with E-state index >= 15 is 0 Å². The van der Waals surface area contributed by atoms with Crippen molar-refractivity contribution in [1.82, 2.24) is 4.98 Å². The second kappa shape index (κ2) is 5.06. The van der Waals surface area contributed by atoms with E-state index in [-0.39, 0.29) is 0 Å². The molecule has 2 rings (SSSR count). The summed E-state index contributed by atoms with van der Waals surface area (Å²) in [5.41, 5.74) is 5.89. The van der Waals surface area contributed by atoms with Gasteiger partial charge in [0.2, 0.25) is 0 Å². The molecule has 1 aliphatic rings. The lowest BCUT2D eigenvalue weighted by atomic mass is 9.98. The smallest absolute Gasteiger partial charge is 0.129 e. The average molecular weight is 243 g/mol. The van der Waals surface area contributed by atoms with E-state index in [9.17, 15) is 0 Å². The van der Waals surface area contributed by atoms with E-state index < -0.39 is 8.07 Å². The van der Waals surface area contributed by atoms with Gasteiger partial charge < -0.3 is 0 Å². The Kier molecular flexibility index (Phi) is 3.68. The fourth-order valence-electron chi connectivity index (χ4n) is 2.27. The largest absolute Gasteiger partial charge is 0.263 e. The van der Waals surface area contributed by atoms with E-state index in [2.05, 4.69) is 42.2 Å². The summed E-state index contributed by atoms with van der Waals surface area (Å²) in [6, 6.07) is 2.25. The Labute approximate surface area is 106 Å². The summed E-state index contributed by atoms with van der Waals surface area (Å²) >= 11 is 0. The monoisotopic (exact) mass is 243 g/mol. The minimum Gasteiger partial charge on any atom is -0.263 e. The number of rotatable bonds is 1. The van der Waals surface area contributed by atoms with Gasteiger partial charge in [-0.25, -0.2) is 0 Å². The summed E-state index contributed by atoms with van der Waals surface area (Å²) in [6.07, 6.45) is 9.31. The highest BCUT2D eigenvalue weighted by Crippen LogP contribution is 2.33. The molecule has 0 bridgehead atoms. The molecule has 0 aliphatic heterocycles. The average Bonchev–Trinajstić information content (AvgIpc) is 2.79. The minimum absolute atomic E-state index is 0.733. The molecular formula is C15H21NSi. The quantitative estimate of drug-likeness (QED) is 0.537. The molecule has 0 unspecified atom stereocenters. The van der Waals surface area contributed by atoms with E-state index in [1.54, 1.807) is 0 Å². The third-order valence-electron chi connectivity index (χ3n) is 3.17. The topological polar surface area (TPSA) is 12.9 Å². The number of pyridine rings is 1. The van der Waals surface area contributed by atoms with Crippen molar-refractivity contribution in [3.8, 4) is 11.5 Å². The van der Waals surface area contributed by atoms with E-state index in [1.165, 1.54) is 31.2 Å². The molecule has 1 heterocycles. The Bertz CT molecular complexity index is 442. The number of nitrogens with zero attached hydrogens (tertiary/aromatic N) is 1. The SMILES string of the molecule is C[Si](C)(C)C#Cc1cncc(C2CCCC2)c1. The van der Waals surface area contributed by atoms with Crippen LogP contribution in [0.1, 0.15) is 42.7 Å². The maximum atomic E-state index is 4.34. The highest BCUT2D eigenvalue weighted by Gasteiger charge is 2.17. The first kappa shape index (κ1) is 12.4. The molecule has 1 saturated carbocycles. The van der Waals surface area contributed by atoms with Crippen molar-refractivity contribution in [2.45, 2.75) is 51.2 Å². The van der Waals surface area contributed by atoms with Gasteiger partial charge >= 0.3 is 0 Å². The lowest BCUT2D eigenvalue weighted by molar-refractivity contribution is 0.719. The van der Waals surface area contributed by atoms with Crippen LogP contribution in [0.2, 0.25) is 19.6 Å². The molecule has 0 N–H and O–H groups in total. The highest BCUT2D eigenvalue weighted by atomic mass is 28.3. The summed E-state index contributed by atoms with van der Waals surface area (Å²) in [7, 11) is -1.28. The molecule has 0 radical (unpaired) electrons. The van der Waals surface area contributed by atoms with Crippen LogP contribution in [0.5, 0.6) is 0 Å². The molecule has 1 nitrogen and oxygen atoms in total. The Morgan fingerprint density at radius 1 is 1.18 bits per heavy atom. The van der Waals surface area contributed by atoms with Gasteiger partial charge in [0.05, 0.1) is 0 Å². The Morgan fingerprint density at radius 3 is 2.53 bits per heavy atom. The summed E-state index contributed by atoms with van der Waals surface area (Å²) in [4.78, 5) is 4.34. The van der Waals surface area contributed by atoms with Gasteiger partial charge in [-0.05, 0) is 30.4 Å². The molecule has 1 aromatic heterocycles. The van der Waals surface area contributed by atoms with E-state index in [0.29, 0.717) is 0 Å². The van der Waals surface area contributed by atoms with Crippen molar-refractivity contribution in [3.63, 3.8) is 0 Å². The van der Waals surface area contributed by atoms with Gasteiger partial charge in [-0.15, -0.1) is 5.54 Å². The van der Waals surface area contributed by atoms with Gasteiger partial charge in [0, 0.05) is 18.0 Å². The Morgan fingerprint density at radius 2 is 1.88 bits per heavy atom. The predicted octanol–water partition coefficient (Wildman–Crippen LogP) is 3.97. The van der Waals surface area contributed by atoms with Gasteiger partial charge in [0.1, 0.15) is 8.07 Å². The third kappa shape index (κ3) is 3.71. The van der Waals surface area contributed by atoms with Crippen molar-refractivity contribution in [2.24, 2.45) is 0 Å². The fraction of sp³-hybridized carbons (Fsp3) is 0.533. The molecule has 17 heavy (non-hydrogen) atoms. The molecule has 0 saturated heterocycles. The molecule has 0 spiro atoms. The van der Waals surface area contributed by atoms with Gasteiger partial charge in [-0.2, -0.15) is 0 Å². The second-order valence-corrected chi connectivity index (χ2v) is 10.7. The van der Waals surface area contributed by atoms with Crippen molar-refractivity contribution in [1.29, 1.82) is 0 Å². The fourth-order valence-corrected chi connectivity index (χ4v) is 2.79. The van der Waals surface area contributed by atoms with Crippen LogP contribution in [0.3, 0.4) is 0 Å². The van der Waals surface area contributed by atoms with Crippen molar-refractivity contribution < 1.29 is 0 Å². The summed E-state index contributed by atoms with van der Waals surface area (Å²) in [5, 5.41) is 0. The van der Waals surface area contributed by atoms with Crippen molar-refractivity contribution in [2.75, 3.05) is 0 Å². The molecular weight excluding hydrogens is 222 g/mol. The van der Waals surface area contributed by atoms with Gasteiger partial charge in [0.15, 0.2) is 0 Å². The summed E-state index contributed by atoms with van der Waals surface area (Å²) in [5.74, 6) is 4.03. The zero-order valence-corrected chi connectivity index (χ0v) is 12.1. The van der Waals surface area contributed by atoms with Crippen molar-refractivity contribution >= 4 is 8.07 Å². The standard InChI is InChI=1S/C15H21NSi/c1-17(2,3)9-8-13-10-15(12-16-11-13)14-6-4-5-7-14/h10-12,14H,4-7H2,1-3H3. The normalized spacial score (nSPS) is 16.6. The molecule has 0 aromatic carbocycles. The predicted molar refractivity (Wildman–Crippen MR) is 75.7 cm³/mol. The van der Waals surface area contributed by atoms with Crippen LogP contribution >= 0.6 is 0 Å². The lowest BCUT2D eigenvalue weighted by Crippen LogP contribution is -2.16. The number of hydrogen-bond donors (Lipinski definition) is 0. The van der Waals surface area contributed by atoms with Crippen LogP contribution in [0.4, 0.5) is 0 Å².